The normalized spacial score (nSPS) is 12.1. The van der Waals surface area contributed by atoms with E-state index in [0.717, 1.165) is 10.9 Å². The Hall–Kier alpha value is -2.12. The van der Waals surface area contributed by atoms with Crippen molar-refractivity contribution in [2.75, 3.05) is 7.11 Å². The van der Waals surface area contributed by atoms with Gasteiger partial charge < -0.3 is 9.84 Å². The summed E-state index contributed by atoms with van der Waals surface area (Å²) in [6.45, 7) is 1.36. The number of hydrogen-bond acceptors (Lipinski definition) is 5. The number of carboxylic acid groups (broad SMARTS) is 1. The van der Waals surface area contributed by atoms with Crippen LogP contribution >= 0.6 is 0 Å². The van der Waals surface area contributed by atoms with Crippen LogP contribution in [0.5, 0.6) is 5.88 Å². The van der Waals surface area contributed by atoms with Crippen LogP contribution in [0.4, 0.5) is 5.69 Å². The second kappa shape index (κ2) is 3.95. The van der Waals surface area contributed by atoms with Crippen LogP contribution in [0.2, 0.25) is 0 Å². The molecule has 0 saturated heterocycles. The van der Waals surface area contributed by atoms with Gasteiger partial charge in [0, 0.05) is 0 Å². The van der Waals surface area contributed by atoms with Gasteiger partial charge in [-0.25, -0.2) is 9.48 Å². The van der Waals surface area contributed by atoms with Crippen LogP contribution < -0.4 is 4.74 Å². The highest BCUT2D eigenvalue weighted by Gasteiger charge is 2.24. The van der Waals surface area contributed by atoms with Crippen LogP contribution in [-0.4, -0.2) is 32.9 Å². The molecule has 1 heterocycles. The average Bonchev–Trinajstić information content (AvgIpc) is 2.59. The molecule has 1 aromatic heterocycles. The maximum Gasteiger partial charge on any atom is 0.350 e. The Balaban J connectivity index is 3.13. The maximum absolute atomic E-state index is 10.6. The molecule has 1 atom stereocenters. The second-order valence-electron chi connectivity index (χ2n) is 2.77. The van der Waals surface area contributed by atoms with Gasteiger partial charge in [0.2, 0.25) is 0 Å². The summed E-state index contributed by atoms with van der Waals surface area (Å²) in [5, 5.41) is 22.8. The van der Waals surface area contributed by atoms with Gasteiger partial charge >= 0.3 is 17.5 Å². The summed E-state index contributed by atoms with van der Waals surface area (Å²) in [6, 6.07) is -0.979. The summed E-state index contributed by atoms with van der Waals surface area (Å²) >= 11 is 0. The number of aliphatic carboxylic acids is 1. The van der Waals surface area contributed by atoms with Crippen molar-refractivity contribution < 1.29 is 19.6 Å². The molecule has 0 fully saturated rings. The fourth-order valence-corrected chi connectivity index (χ4v) is 0.948. The lowest BCUT2D eigenvalue weighted by Crippen LogP contribution is -2.15. The van der Waals surface area contributed by atoms with E-state index in [4.69, 9.17) is 5.11 Å². The van der Waals surface area contributed by atoms with E-state index in [1.54, 1.807) is 0 Å². The Morgan fingerprint density at radius 3 is 2.73 bits per heavy atom. The van der Waals surface area contributed by atoms with Gasteiger partial charge in [0.25, 0.3) is 0 Å². The molecule has 15 heavy (non-hydrogen) atoms. The van der Waals surface area contributed by atoms with E-state index in [-0.39, 0.29) is 11.6 Å². The van der Waals surface area contributed by atoms with Crippen LogP contribution in [0.1, 0.15) is 13.0 Å². The van der Waals surface area contributed by atoms with Crippen LogP contribution in [0.3, 0.4) is 0 Å². The number of rotatable bonds is 4. The van der Waals surface area contributed by atoms with E-state index in [1.807, 2.05) is 0 Å². The van der Waals surface area contributed by atoms with E-state index in [9.17, 15) is 14.9 Å². The molecule has 1 N–H and O–H groups in total. The molecule has 8 nitrogen and oxygen atoms in total. The van der Waals surface area contributed by atoms with Crippen LogP contribution in [-0.2, 0) is 4.79 Å². The van der Waals surface area contributed by atoms with E-state index in [1.165, 1.54) is 14.0 Å². The van der Waals surface area contributed by atoms with Gasteiger partial charge in [0.05, 0.1) is 12.0 Å². The summed E-state index contributed by atoms with van der Waals surface area (Å²) in [4.78, 5) is 20.4. The molecule has 0 aliphatic carbocycles. The zero-order chi connectivity index (χ0) is 11.6. The molecule has 0 bridgehead atoms. The SMILES string of the molecule is COc1nn(C(C)C(=O)O)cc1[N+](=O)[O-]. The fourth-order valence-electron chi connectivity index (χ4n) is 0.948. The minimum absolute atomic E-state index is 0.201. The number of carbonyl (C=O) groups is 1. The smallest absolute Gasteiger partial charge is 0.350 e. The number of methoxy groups -OCH3 is 1. The highest BCUT2D eigenvalue weighted by molar-refractivity contribution is 5.71. The molecule has 1 aromatic rings. The Labute approximate surface area is 84.2 Å². The van der Waals surface area contributed by atoms with Crippen molar-refractivity contribution in [1.82, 2.24) is 9.78 Å². The summed E-state index contributed by atoms with van der Waals surface area (Å²) in [7, 11) is 1.23. The summed E-state index contributed by atoms with van der Waals surface area (Å²) in [5.41, 5.74) is -0.356. The largest absolute Gasteiger partial charge is 0.480 e. The predicted octanol–water partition coefficient (Wildman–Crippen LogP) is 0.445. The third-order valence-corrected chi connectivity index (χ3v) is 1.82. The van der Waals surface area contributed by atoms with Crippen molar-refractivity contribution in [1.29, 1.82) is 0 Å². The van der Waals surface area contributed by atoms with E-state index in [0.29, 0.717) is 0 Å². The highest BCUT2D eigenvalue weighted by Crippen LogP contribution is 2.25. The molecule has 0 aliphatic heterocycles. The first-order chi connectivity index (χ1) is 6.97. The van der Waals surface area contributed by atoms with Crippen LogP contribution in [0.15, 0.2) is 6.20 Å². The summed E-state index contributed by atoms with van der Waals surface area (Å²) in [6.07, 6.45) is 1.03. The number of hydrogen-bond donors (Lipinski definition) is 1. The van der Waals surface area contributed by atoms with Crippen molar-refractivity contribution in [3.63, 3.8) is 0 Å². The van der Waals surface area contributed by atoms with Crippen LogP contribution in [0.25, 0.3) is 0 Å². The van der Waals surface area contributed by atoms with E-state index in [2.05, 4.69) is 9.84 Å². The topological polar surface area (TPSA) is 107 Å². The van der Waals surface area contributed by atoms with Crippen molar-refractivity contribution >= 4 is 11.7 Å². The van der Waals surface area contributed by atoms with Gasteiger partial charge in [-0.1, -0.05) is 0 Å². The van der Waals surface area contributed by atoms with E-state index < -0.39 is 16.9 Å². The van der Waals surface area contributed by atoms with Gasteiger partial charge in [-0.2, -0.15) is 0 Å². The molecule has 0 radical (unpaired) electrons. The van der Waals surface area contributed by atoms with Crippen LogP contribution in [0, 0.1) is 10.1 Å². The first kappa shape index (κ1) is 11.0. The molecule has 0 aromatic carbocycles. The van der Waals surface area contributed by atoms with Gasteiger partial charge in [0.15, 0.2) is 0 Å². The van der Waals surface area contributed by atoms with Crippen molar-refractivity contribution in [2.24, 2.45) is 0 Å². The predicted molar refractivity (Wildman–Crippen MR) is 47.8 cm³/mol. The lowest BCUT2D eigenvalue weighted by Gasteiger charge is -2.03. The average molecular weight is 215 g/mol. The highest BCUT2D eigenvalue weighted by atomic mass is 16.6. The van der Waals surface area contributed by atoms with E-state index >= 15 is 0 Å². The zero-order valence-corrected chi connectivity index (χ0v) is 8.08. The summed E-state index contributed by atoms with van der Waals surface area (Å²) < 4.78 is 5.62. The standard InChI is InChI=1S/C7H9N3O5/c1-4(7(11)12)9-3-5(10(13)14)6(8-9)15-2/h3-4H,1-2H3,(H,11,12). The lowest BCUT2D eigenvalue weighted by atomic mass is 10.3. The number of ether oxygens (including phenoxy) is 1. The quantitative estimate of drug-likeness (QED) is 0.576. The molecular formula is C7H9N3O5. The Morgan fingerprint density at radius 1 is 1.80 bits per heavy atom. The molecule has 1 unspecified atom stereocenters. The van der Waals surface area contributed by atoms with Gasteiger partial charge in [0.1, 0.15) is 12.2 Å². The zero-order valence-electron chi connectivity index (χ0n) is 8.08. The maximum atomic E-state index is 10.6. The second-order valence-corrected chi connectivity index (χ2v) is 2.77. The lowest BCUT2D eigenvalue weighted by molar-refractivity contribution is -0.385. The Kier molecular flexibility index (Phi) is 2.88. The molecule has 8 heteroatoms. The Bertz CT molecular complexity index is 399. The molecule has 0 amide bonds. The molecule has 0 aliphatic rings. The van der Waals surface area contributed by atoms with Gasteiger partial charge in [-0.3, -0.25) is 10.1 Å². The molecule has 0 saturated carbocycles. The van der Waals surface area contributed by atoms with Crippen molar-refractivity contribution in [3.8, 4) is 5.88 Å². The van der Waals surface area contributed by atoms with Gasteiger partial charge in [-0.15, -0.1) is 5.10 Å². The fraction of sp³-hybridized carbons (Fsp3) is 0.429. The first-order valence-electron chi connectivity index (χ1n) is 3.97. The molecule has 1 rings (SSSR count). The number of nitrogens with zero attached hydrogens (tertiary/aromatic N) is 3. The Morgan fingerprint density at radius 2 is 2.40 bits per heavy atom. The van der Waals surface area contributed by atoms with Crippen molar-refractivity contribution in [2.45, 2.75) is 13.0 Å². The minimum Gasteiger partial charge on any atom is -0.480 e. The molecular weight excluding hydrogens is 206 g/mol. The molecule has 82 valence electrons. The monoisotopic (exact) mass is 215 g/mol. The first-order valence-corrected chi connectivity index (χ1v) is 3.97. The number of carboxylic acids is 1. The van der Waals surface area contributed by atoms with Crippen molar-refractivity contribution in [3.05, 3.63) is 16.3 Å². The number of aromatic nitrogens is 2. The number of nitro groups is 1. The summed E-state index contributed by atoms with van der Waals surface area (Å²) in [5.74, 6) is -1.33. The molecule has 0 spiro atoms. The third-order valence-electron chi connectivity index (χ3n) is 1.82. The minimum atomic E-state index is -1.13. The van der Waals surface area contributed by atoms with Gasteiger partial charge in [-0.05, 0) is 6.92 Å². The third kappa shape index (κ3) is 2.03.